The Morgan fingerprint density at radius 2 is 1.80 bits per heavy atom. The lowest BCUT2D eigenvalue weighted by Gasteiger charge is -2.34. The molecule has 0 bridgehead atoms. The summed E-state index contributed by atoms with van der Waals surface area (Å²) in [6, 6.07) is 0.438. The first-order chi connectivity index (χ1) is 9.58. The molecule has 0 heterocycles. The Bertz CT molecular complexity index is 312. The molecular weight excluding hydrogens is 250 g/mol. The smallest absolute Gasteiger partial charge is 0.251 e. The minimum atomic E-state index is -0.280. The van der Waals surface area contributed by atoms with Gasteiger partial charge in [-0.2, -0.15) is 0 Å². The molecule has 0 saturated heterocycles. The highest BCUT2D eigenvalue weighted by Crippen LogP contribution is 2.27. The summed E-state index contributed by atoms with van der Waals surface area (Å²) in [5, 5.41) is 0. The van der Waals surface area contributed by atoms with Gasteiger partial charge in [-0.25, -0.2) is 0 Å². The molecule has 0 aromatic rings. The van der Waals surface area contributed by atoms with Crippen LogP contribution < -0.4 is 0 Å². The van der Waals surface area contributed by atoms with E-state index in [1.54, 1.807) is 0 Å². The molecule has 2 rings (SSSR count). The minimum Gasteiger partial charge on any atom is -0.365 e. The van der Waals surface area contributed by atoms with Gasteiger partial charge in [-0.1, -0.05) is 39.0 Å². The second kappa shape index (κ2) is 7.44. The summed E-state index contributed by atoms with van der Waals surface area (Å²) in [4.78, 5) is 14.5. The van der Waals surface area contributed by atoms with Gasteiger partial charge in [-0.3, -0.25) is 4.79 Å². The second-order valence-corrected chi connectivity index (χ2v) is 6.91. The van der Waals surface area contributed by atoms with Crippen molar-refractivity contribution in [3.63, 3.8) is 0 Å². The summed E-state index contributed by atoms with van der Waals surface area (Å²) in [6.07, 6.45) is 11.0. The summed E-state index contributed by atoms with van der Waals surface area (Å²) in [6.45, 7) is 4.22. The van der Waals surface area contributed by atoms with Crippen molar-refractivity contribution in [2.45, 2.75) is 89.9 Å². The van der Waals surface area contributed by atoms with Crippen molar-refractivity contribution in [2.24, 2.45) is 5.92 Å². The summed E-state index contributed by atoms with van der Waals surface area (Å²) in [5.74, 6) is 0.919. The lowest BCUT2D eigenvalue weighted by Crippen LogP contribution is -2.45. The number of hydrogen-bond donors (Lipinski definition) is 0. The molecule has 0 radical (unpaired) electrons. The fourth-order valence-corrected chi connectivity index (χ4v) is 3.78. The third-order valence-electron chi connectivity index (χ3n) is 5.10. The molecule has 0 N–H and O–H groups in total. The van der Waals surface area contributed by atoms with Crippen LogP contribution in [0.2, 0.25) is 0 Å². The average molecular weight is 281 g/mol. The van der Waals surface area contributed by atoms with E-state index in [2.05, 4.69) is 6.92 Å². The van der Waals surface area contributed by atoms with E-state index in [0.717, 1.165) is 31.6 Å². The molecule has 0 spiro atoms. The molecular formula is C17H31NO2. The van der Waals surface area contributed by atoms with Gasteiger partial charge in [-0.05, 0) is 38.5 Å². The standard InChI is InChI=1S/C17H31NO2/c1-13-8-7-11-16(12-13)20-14(2)17(19)18(3)15-9-5-4-6-10-15/h13-16H,4-12H2,1-3H3/t13-,14-,16-/m1/s1. The van der Waals surface area contributed by atoms with Gasteiger partial charge in [0.1, 0.15) is 6.10 Å². The van der Waals surface area contributed by atoms with E-state index in [4.69, 9.17) is 4.74 Å². The number of carbonyl (C=O) groups is 1. The first kappa shape index (κ1) is 15.8. The van der Waals surface area contributed by atoms with E-state index in [0.29, 0.717) is 6.04 Å². The van der Waals surface area contributed by atoms with Crippen LogP contribution in [0.4, 0.5) is 0 Å². The molecule has 2 aliphatic rings. The Kier molecular flexibility index (Phi) is 5.88. The quantitative estimate of drug-likeness (QED) is 0.785. The van der Waals surface area contributed by atoms with Crippen LogP contribution in [0.15, 0.2) is 0 Å². The highest BCUT2D eigenvalue weighted by atomic mass is 16.5. The average Bonchev–Trinajstić information content (AvgIpc) is 2.46. The van der Waals surface area contributed by atoms with Crippen molar-refractivity contribution < 1.29 is 9.53 Å². The van der Waals surface area contributed by atoms with Gasteiger partial charge in [0, 0.05) is 13.1 Å². The second-order valence-electron chi connectivity index (χ2n) is 6.91. The number of nitrogens with zero attached hydrogens (tertiary/aromatic N) is 1. The van der Waals surface area contributed by atoms with Crippen LogP contribution in [0.3, 0.4) is 0 Å². The predicted molar refractivity (Wildman–Crippen MR) is 81.6 cm³/mol. The maximum Gasteiger partial charge on any atom is 0.251 e. The van der Waals surface area contributed by atoms with Gasteiger partial charge < -0.3 is 9.64 Å². The summed E-state index contributed by atoms with van der Waals surface area (Å²) < 4.78 is 6.04. The molecule has 116 valence electrons. The molecule has 0 aromatic heterocycles. The van der Waals surface area contributed by atoms with Crippen LogP contribution in [-0.2, 0) is 9.53 Å². The van der Waals surface area contributed by atoms with Crippen LogP contribution in [0.25, 0.3) is 0 Å². The number of likely N-dealkylation sites (N-methyl/N-ethyl adjacent to an activating group) is 1. The lowest BCUT2D eigenvalue weighted by molar-refractivity contribution is -0.149. The highest BCUT2D eigenvalue weighted by Gasteiger charge is 2.29. The first-order valence-electron chi connectivity index (χ1n) is 8.50. The van der Waals surface area contributed by atoms with Gasteiger partial charge in [-0.15, -0.1) is 0 Å². The van der Waals surface area contributed by atoms with Crippen molar-refractivity contribution in [1.82, 2.24) is 4.90 Å². The Morgan fingerprint density at radius 1 is 1.10 bits per heavy atom. The maximum atomic E-state index is 12.5. The van der Waals surface area contributed by atoms with E-state index in [1.807, 2.05) is 18.9 Å². The largest absolute Gasteiger partial charge is 0.365 e. The predicted octanol–water partition coefficient (Wildman–Crippen LogP) is 3.76. The Morgan fingerprint density at radius 3 is 2.45 bits per heavy atom. The lowest BCUT2D eigenvalue weighted by atomic mass is 9.88. The van der Waals surface area contributed by atoms with Crippen LogP contribution >= 0.6 is 0 Å². The van der Waals surface area contributed by atoms with Gasteiger partial charge >= 0.3 is 0 Å². The molecule has 3 heteroatoms. The van der Waals surface area contributed by atoms with E-state index in [1.165, 1.54) is 32.1 Å². The highest BCUT2D eigenvalue weighted by molar-refractivity contribution is 5.80. The zero-order valence-electron chi connectivity index (χ0n) is 13.4. The van der Waals surface area contributed by atoms with E-state index >= 15 is 0 Å². The number of carbonyl (C=O) groups excluding carboxylic acids is 1. The molecule has 0 aromatic carbocycles. The summed E-state index contributed by atoms with van der Waals surface area (Å²) in [5.41, 5.74) is 0. The first-order valence-corrected chi connectivity index (χ1v) is 8.50. The van der Waals surface area contributed by atoms with Crippen LogP contribution in [0.5, 0.6) is 0 Å². The Hall–Kier alpha value is -0.570. The van der Waals surface area contributed by atoms with Crippen molar-refractivity contribution in [2.75, 3.05) is 7.05 Å². The molecule has 2 aliphatic carbocycles. The molecule has 3 nitrogen and oxygen atoms in total. The minimum absolute atomic E-state index is 0.176. The normalized spacial score (nSPS) is 29.9. The van der Waals surface area contributed by atoms with Crippen molar-refractivity contribution in [3.05, 3.63) is 0 Å². The zero-order chi connectivity index (χ0) is 14.5. The maximum absolute atomic E-state index is 12.5. The molecule has 0 unspecified atom stereocenters. The number of hydrogen-bond acceptors (Lipinski definition) is 2. The van der Waals surface area contributed by atoms with Gasteiger partial charge in [0.2, 0.25) is 0 Å². The Balaban J connectivity index is 1.81. The topological polar surface area (TPSA) is 29.5 Å². The van der Waals surface area contributed by atoms with E-state index in [9.17, 15) is 4.79 Å². The molecule has 0 aliphatic heterocycles. The monoisotopic (exact) mass is 281 g/mol. The van der Waals surface area contributed by atoms with Gasteiger partial charge in [0.25, 0.3) is 5.91 Å². The number of rotatable bonds is 4. The van der Waals surface area contributed by atoms with Crippen molar-refractivity contribution in [1.29, 1.82) is 0 Å². The summed E-state index contributed by atoms with van der Waals surface area (Å²) in [7, 11) is 1.96. The molecule has 3 atom stereocenters. The van der Waals surface area contributed by atoms with E-state index in [-0.39, 0.29) is 18.1 Å². The molecule has 20 heavy (non-hydrogen) atoms. The zero-order valence-corrected chi connectivity index (χ0v) is 13.4. The van der Waals surface area contributed by atoms with Crippen LogP contribution in [0.1, 0.15) is 71.6 Å². The summed E-state index contributed by atoms with van der Waals surface area (Å²) >= 11 is 0. The van der Waals surface area contributed by atoms with Crippen molar-refractivity contribution in [3.8, 4) is 0 Å². The van der Waals surface area contributed by atoms with Gasteiger partial charge in [0.15, 0.2) is 0 Å². The molecule has 1 amide bonds. The third-order valence-corrected chi connectivity index (χ3v) is 5.10. The van der Waals surface area contributed by atoms with Crippen molar-refractivity contribution >= 4 is 5.91 Å². The fourth-order valence-electron chi connectivity index (χ4n) is 3.78. The molecule has 2 saturated carbocycles. The van der Waals surface area contributed by atoms with Crippen LogP contribution in [0, 0.1) is 5.92 Å². The number of amides is 1. The Labute approximate surface area is 124 Å². The van der Waals surface area contributed by atoms with E-state index < -0.39 is 0 Å². The third kappa shape index (κ3) is 4.21. The number of ether oxygens (including phenoxy) is 1. The molecule has 2 fully saturated rings. The fraction of sp³-hybridized carbons (Fsp3) is 0.941. The van der Waals surface area contributed by atoms with Crippen LogP contribution in [-0.4, -0.2) is 36.1 Å². The SMILES string of the molecule is C[C@@H]1CCC[C@@H](O[C@H](C)C(=O)N(C)C2CCCCC2)C1. The van der Waals surface area contributed by atoms with Gasteiger partial charge in [0.05, 0.1) is 6.10 Å².